The summed E-state index contributed by atoms with van der Waals surface area (Å²) in [5.74, 6) is -0.823. The van der Waals surface area contributed by atoms with E-state index in [9.17, 15) is 24.5 Å². The third-order valence-electron chi connectivity index (χ3n) is 4.98. The molecule has 0 bridgehead atoms. The fraction of sp³-hybridized carbons (Fsp3) is 0.261. The molecule has 3 rings (SSSR count). The summed E-state index contributed by atoms with van der Waals surface area (Å²) >= 11 is 0. The maximum absolute atomic E-state index is 13.1. The van der Waals surface area contributed by atoms with E-state index in [2.05, 4.69) is 15.6 Å². The number of aromatic amines is 1. The van der Waals surface area contributed by atoms with Gasteiger partial charge < -0.3 is 20.1 Å². The van der Waals surface area contributed by atoms with E-state index in [4.69, 9.17) is 9.47 Å². The molecule has 0 atom stereocenters. The smallest absolute Gasteiger partial charge is 0.330 e. The predicted octanol–water partition coefficient (Wildman–Crippen LogP) is 2.35. The van der Waals surface area contributed by atoms with Crippen LogP contribution >= 0.6 is 0 Å². The number of aromatic nitrogens is 2. The number of ether oxygens (including phenoxy) is 2. The zero-order chi connectivity index (χ0) is 25.4. The number of carbonyl (C=O) groups excluding carboxylic acids is 1. The lowest BCUT2D eigenvalue weighted by atomic mass is 10.1. The van der Waals surface area contributed by atoms with Gasteiger partial charge in [-0.1, -0.05) is 30.3 Å². The molecule has 1 amide bonds. The first kappa shape index (κ1) is 25.2. The van der Waals surface area contributed by atoms with Crippen LogP contribution in [0.1, 0.15) is 22.8 Å². The molecule has 0 fully saturated rings. The quantitative estimate of drug-likeness (QED) is 0.277. The Morgan fingerprint density at radius 3 is 2.57 bits per heavy atom. The van der Waals surface area contributed by atoms with Gasteiger partial charge in [0.2, 0.25) is 0 Å². The predicted molar refractivity (Wildman–Crippen MR) is 129 cm³/mol. The summed E-state index contributed by atoms with van der Waals surface area (Å²) in [5.41, 5.74) is -1.10. The summed E-state index contributed by atoms with van der Waals surface area (Å²) in [6, 6.07) is 13.0. The topological polar surface area (TPSA) is 158 Å². The van der Waals surface area contributed by atoms with Gasteiger partial charge in [-0.2, -0.15) is 0 Å². The first-order chi connectivity index (χ1) is 16.8. The second-order valence-corrected chi connectivity index (χ2v) is 7.29. The number of carbonyl (C=O) groups is 1. The Labute approximate surface area is 199 Å². The van der Waals surface area contributed by atoms with Crippen LogP contribution in [0.5, 0.6) is 5.75 Å². The molecule has 184 valence electrons. The highest BCUT2D eigenvalue weighted by Crippen LogP contribution is 2.28. The third-order valence-corrected chi connectivity index (χ3v) is 4.98. The van der Waals surface area contributed by atoms with Crippen molar-refractivity contribution in [3.63, 3.8) is 0 Å². The number of hydrogen-bond donors (Lipinski definition) is 3. The van der Waals surface area contributed by atoms with Gasteiger partial charge in [-0.25, -0.2) is 4.79 Å². The number of amides is 1. The summed E-state index contributed by atoms with van der Waals surface area (Å²) in [4.78, 5) is 51.3. The van der Waals surface area contributed by atoms with Crippen molar-refractivity contribution < 1.29 is 19.2 Å². The van der Waals surface area contributed by atoms with Gasteiger partial charge in [0.15, 0.2) is 5.75 Å². The van der Waals surface area contributed by atoms with Crippen LogP contribution < -0.4 is 26.6 Å². The lowest BCUT2D eigenvalue weighted by molar-refractivity contribution is -0.385. The van der Waals surface area contributed by atoms with E-state index < -0.39 is 22.1 Å². The van der Waals surface area contributed by atoms with Crippen LogP contribution in [0.2, 0.25) is 0 Å². The van der Waals surface area contributed by atoms with Gasteiger partial charge in [0, 0.05) is 25.3 Å². The minimum atomic E-state index is -0.755. The number of benzene rings is 2. The second-order valence-electron chi connectivity index (χ2n) is 7.29. The maximum Gasteiger partial charge on any atom is 0.330 e. The van der Waals surface area contributed by atoms with E-state index in [-0.39, 0.29) is 54.8 Å². The van der Waals surface area contributed by atoms with Crippen LogP contribution in [0.15, 0.2) is 58.1 Å². The minimum Gasteiger partial charge on any atom is -0.487 e. The Morgan fingerprint density at radius 2 is 1.91 bits per heavy atom. The minimum absolute atomic E-state index is 0.0208. The molecule has 2 aromatic carbocycles. The van der Waals surface area contributed by atoms with Gasteiger partial charge >= 0.3 is 11.4 Å². The normalized spacial score (nSPS) is 10.6. The molecule has 3 N–H and O–H groups in total. The fourth-order valence-corrected chi connectivity index (χ4v) is 3.31. The summed E-state index contributed by atoms with van der Waals surface area (Å²) in [6.45, 7) is 2.29. The van der Waals surface area contributed by atoms with Crippen LogP contribution in [0.3, 0.4) is 0 Å². The first-order valence-corrected chi connectivity index (χ1v) is 10.7. The molecule has 35 heavy (non-hydrogen) atoms. The molecule has 0 aliphatic heterocycles. The number of nitrogens with one attached hydrogen (secondary N) is 3. The summed E-state index contributed by atoms with van der Waals surface area (Å²) in [7, 11) is 1.45. The van der Waals surface area contributed by atoms with E-state index in [1.807, 2.05) is 30.3 Å². The fourth-order valence-electron chi connectivity index (χ4n) is 3.31. The molecule has 0 saturated heterocycles. The lowest BCUT2D eigenvalue weighted by Gasteiger charge is -2.18. The Bertz CT molecular complexity index is 1320. The van der Waals surface area contributed by atoms with Crippen molar-refractivity contribution in [2.24, 2.45) is 0 Å². The van der Waals surface area contributed by atoms with Crippen molar-refractivity contribution in [1.82, 2.24) is 9.55 Å². The van der Waals surface area contributed by atoms with Crippen molar-refractivity contribution in [1.29, 1.82) is 0 Å². The Hall–Kier alpha value is -4.45. The van der Waals surface area contributed by atoms with Crippen molar-refractivity contribution >= 4 is 23.1 Å². The Balaban J connectivity index is 2.02. The summed E-state index contributed by atoms with van der Waals surface area (Å²) < 4.78 is 11.5. The number of H-pyrrole nitrogens is 1. The number of rotatable bonds is 11. The molecule has 0 aliphatic carbocycles. The molecular formula is C23H25N5O7. The van der Waals surface area contributed by atoms with Crippen LogP contribution in [-0.2, 0) is 17.8 Å². The second kappa shape index (κ2) is 11.6. The van der Waals surface area contributed by atoms with Crippen LogP contribution in [0.25, 0.3) is 0 Å². The van der Waals surface area contributed by atoms with Crippen molar-refractivity contribution in [3.05, 3.63) is 90.6 Å². The standard InChI is InChI=1S/C23H25N5O7/c1-3-35-18-10-9-16(13-17(18)28(32)33)21(29)25-20-19(24-14-15-7-5-4-6-8-15)22(30)26-23(31)27(20)11-12-34-2/h4-10,13,24H,3,11-12,14H2,1-2H3,(H,25,29)(H,26,30,31). The molecule has 0 unspecified atom stereocenters. The Morgan fingerprint density at radius 1 is 1.17 bits per heavy atom. The third kappa shape index (κ3) is 6.12. The molecule has 0 saturated carbocycles. The SMILES string of the molecule is CCOc1ccc(C(=O)Nc2c(NCc3ccccc3)c(=O)[nH]c(=O)n2CCOC)cc1[N+](=O)[O-]. The largest absolute Gasteiger partial charge is 0.487 e. The average Bonchev–Trinajstić information content (AvgIpc) is 2.84. The number of nitro benzene ring substituents is 1. The van der Waals surface area contributed by atoms with Crippen molar-refractivity contribution in [2.45, 2.75) is 20.0 Å². The molecule has 0 aliphatic rings. The van der Waals surface area contributed by atoms with E-state index in [0.29, 0.717) is 0 Å². The molecule has 3 aromatic rings. The van der Waals surface area contributed by atoms with E-state index in [0.717, 1.165) is 16.2 Å². The number of methoxy groups -OCH3 is 1. The maximum atomic E-state index is 13.1. The molecule has 0 radical (unpaired) electrons. The molecule has 12 heteroatoms. The van der Waals surface area contributed by atoms with Gasteiger partial charge in [-0.15, -0.1) is 0 Å². The average molecular weight is 483 g/mol. The summed E-state index contributed by atoms with van der Waals surface area (Å²) in [5, 5.41) is 17.0. The highest BCUT2D eigenvalue weighted by Gasteiger charge is 2.22. The lowest BCUT2D eigenvalue weighted by Crippen LogP contribution is -2.36. The number of nitro groups is 1. The van der Waals surface area contributed by atoms with Crippen molar-refractivity contribution in [2.75, 3.05) is 31.0 Å². The zero-order valence-electron chi connectivity index (χ0n) is 19.2. The van der Waals surface area contributed by atoms with Crippen LogP contribution in [-0.4, -0.2) is 40.7 Å². The van der Waals surface area contributed by atoms with Crippen LogP contribution in [0.4, 0.5) is 17.2 Å². The molecular weight excluding hydrogens is 458 g/mol. The molecule has 1 aromatic heterocycles. The van der Waals surface area contributed by atoms with E-state index in [1.54, 1.807) is 6.92 Å². The van der Waals surface area contributed by atoms with Crippen LogP contribution in [0, 0.1) is 10.1 Å². The van der Waals surface area contributed by atoms with Gasteiger partial charge in [0.05, 0.1) is 24.7 Å². The monoisotopic (exact) mass is 483 g/mol. The number of anilines is 2. The van der Waals surface area contributed by atoms with E-state index in [1.165, 1.54) is 19.2 Å². The highest BCUT2D eigenvalue weighted by molar-refractivity contribution is 6.05. The highest BCUT2D eigenvalue weighted by atomic mass is 16.6. The first-order valence-electron chi connectivity index (χ1n) is 10.7. The summed E-state index contributed by atoms with van der Waals surface area (Å²) in [6.07, 6.45) is 0. The number of nitrogens with zero attached hydrogens (tertiary/aromatic N) is 2. The molecule has 1 heterocycles. The van der Waals surface area contributed by atoms with E-state index >= 15 is 0 Å². The molecule has 0 spiro atoms. The van der Waals surface area contributed by atoms with Gasteiger partial charge in [-0.3, -0.25) is 29.3 Å². The number of hydrogen-bond acceptors (Lipinski definition) is 8. The van der Waals surface area contributed by atoms with Gasteiger partial charge in [0.25, 0.3) is 11.5 Å². The van der Waals surface area contributed by atoms with Gasteiger partial charge in [-0.05, 0) is 24.6 Å². The molecule has 12 nitrogen and oxygen atoms in total. The Kier molecular flexibility index (Phi) is 8.35. The van der Waals surface area contributed by atoms with Crippen molar-refractivity contribution in [3.8, 4) is 5.75 Å². The zero-order valence-corrected chi connectivity index (χ0v) is 19.2. The van der Waals surface area contributed by atoms with Gasteiger partial charge in [0.1, 0.15) is 11.5 Å².